The number of amides is 2. The number of benzene rings is 1. The zero-order valence-electron chi connectivity index (χ0n) is 13.6. The molecule has 8 heteroatoms. The Balaban J connectivity index is 1.94. The molecule has 1 aromatic carbocycles. The number of carbonyl (C=O) groups is 1. The van der Waals surface area contributed by atoms with Crippen molar-refractivity contribution >= 4 is 11.7 Å². The summed E-state index contributed by atoms with van der Waals surface area (Å²) in [5.41, 5.74) is 1.45. The molecule has 1 heterocycles. The molecule has 2 rings (SSSR count). The Bertz CT molecular complexity index is 584. The average molecular weight is 346 g/mol. The van der Waals surface area contributed by atoms with Crippen molar-refractivity contribution in [1.82, 2.24) is 4.90 Å². The maximum absolute atomic E-state index is 12.5. The number of piperidine rings is 1. The van der Waals surface area contributed by atoms with Crippen molar-refractivity contribution in [3.8, 4) is 5.75 Å². The second-order valence-electron chi connectivity index (χ2n) is 5.92. The minimum absolute atomic E-state index is 0.116. The van der Waals surface area contributed by atoms with Crippen molar-refractivity contribution in [2.75, 3.05) is 25.5 Å². The van der Waals surface area contributed by atoms with E-state index < -0.39 is 18.2 Å². The van der Waals surface area contributed by atoms with E-state index in [2.05, 4.69) is 5.32 Å². The SMILES string of the molecule is COc1ccc(C)c(NC(=O)N2CCC(C(O)C(F)(F)F)CC2)c1. The second-order valence-corrected chi connectivity index (χ2v) is 5.92. The summed E-state index contributed by atoms with van der Waals surface area (Å²) in [5, 5.41) is 12.1. The minimum atomic E-state index is -4.62. The highest BCUT2D eigenvalue weighted by Crippen LogP contribution is 2.32. The molecule has 1 atom stereocenters. The van der Waals surface area contributed by atoms with E-state index in [0.29, 0.717) is 11.4 Å². The lowest BCUT2D eigenvalue weighted by atomic mass is 9.91. The number of aryl methyl sites for hydroxylation is 1. The molecule has 2 N–H and O–H groups in total. The smallest absolute Gasteiger partial charge is 0.414 e. The van der Waals surface area contributed by atoms with Gasteiger partial charge in [0, 0.05) is 24.8 Å². The fourth-order valence-electron chi connectivity index (χ4n) is 2.74. The molecule has 1 aliphatic heterocycles. The van der Waals surface area contributed by atoms with E-state index in [1.165, 1.54) is 12.0 Å². The molecule has 1 fully saturated rings. The Morgan fingerprint density at radius 1 is 1.38 bits per heavy atom. The molecule has 2 amide bonds. The number of carbonyl (C=O) groups excluding carboxylic acids is 1. The van der Waals surface area contributed by atoms with Crippen LogP contribution in [0.25, 0.3) is 0 Å². The van der Waals surface area contributed by atoms with Gasteiger partial charge in [-0.3, -0.25) is 0 Å². The topological polar surface area (TPSA) is 61.8 Å². The lowest BCUT2D eigenvalue weighted by Crippen LogP contribution is -2.46. The number of ether oxygens (including phenoxy) is 1. The first-order chi connectivity index (χ1) is 11.2. The number of halogens is 3. The van der Waals surface area contributed by atoms with Crippen molar-refractivity contribution in [2.45, 2.75) is 32.0 Å². The molecule has 0 radical (unpaired) electrons. The first-order valence-corrected chi connectivity index (χ1v) is 7.67. The number of hydrogen-bond donors (Lipinski definition) is 2. The third-order valence-electron chi connectivity index (χ3n) is 4.30. The largest absolute Gasteiger partial charge is 0.497 e. The van der Waals surface area contributed by atoms with Crippen molar-refractivity contribution in [3.05, 3.63) is 23.8 Å². The van der Waals surface area contributed by atoms with Gasteiger partial charge in [-0.1, -0.05) is 6.07 Å². The molecular weight excluding hydrogens is 325 g/mol. The average Bonchev–Trinajstić information content (AvgIpc) is 2.55. The summed E-state index contributed by atoms with van der Waals surface area (Å²) in [4.78, 5) is 13.7. The molecule has 134 valence electrons. The number of nitrogens with zero attached hydrogens (tertiary/aromatic N) is 1. The molecule has 0 saturated carbocycles. The van der Waals surface area contributed by atoms with Crippen molar-refractivity contribution < 1.29 is 27.8 Å². The van der Waals surface area contributed by atoms with Crippen LogP contribution in [0, 0.1) is 12.8 Å². The number of methoxy groups -OCH3 is 1. The van der Waals surface area contributed by atoms with Crippen molar-refractivity contribution in [2.24, 2.45) is 5.92 Å². The number of aliphatic hydroxyl groups excluding tert-OH is 1. The molecule has 1 unspecified atom stereocenters. The van der Waals surface area contributed by atoms with Crippen molar-refractivity contribution in [1.29, 1.82) is 0 Å². The van der Waals surface area contributed by atoms with Crippen LogP contribution in [0.1, 0.15) is 18.4 Å². The lowest BCUT2D eigenvalue weighted by Gasteiger charge is -2.34. The van der Waals surface area contributed by atoms with Crippen LogP contribution in [-0.2, 0) is 0 Å². The quantitative estimate of drug-likeness (QED) is 0.884. The van der Waals surface area contributed by atoms with Gasteiger partial charge in [0.15, 0.2) is 6.10 Å². The Kier molecular flexibility index (Phi) is 5.58. The monoisotopic (exact) mass is 346 g/mol. The summed E-state index contributed by atoms with van der Waals surface area (Å²) in [7, 11) is 1.52. The van der Waals surface area contributed by atoms with Gasteiger partial charge in [0.2, 0.25) is 0 Å². The fraction of sp³-hybridized carbons (Fsp3) is 0.562. The van der Waals surface area contributed by atoms with E-state index in [1.54, 1.807) is 18.2 Å². The number of likely N-dealkylation sites (tertiary alicyclic amines) is 1. The molecule has 0 spiro atoms. The van der Waals surface area contributed by atoms with E-state index in [4.69, 9.17) is 4.74 Å². The summed E-state index contributed by atoms with van der Waals surface area (Å²) < 4.78 is 42.7. The van der Waals surface area contributed by atoms with Crippen LogP contribution >= 0.6 is 0 Å². The van der Waals surface area contributed by atoms with Crippen LogP contribution in [0.2, 0.25) is 0 Å². The van der Waals surface area contributed by atoms with Gasteiger partial charge in [0.05, 0.1) is 7.11 Å². The molecule has 1 aromatic rings. The van der Waals surface area contributed by atoms with Crippen molar-refractivity contribution in [3.63, 3.8) is 0 Å². The van der Waals surface area contributed by atoms with Crippen LogP contribution in [0.4, 0.5) is 23.7 Å². The number of alkyl halides is 3. The third-order valence-corrected chi connectivity index (χ3v) is 4.30. The molecule has 1 saturated heterocycles. The Morgan fingerprint density at radius 2 is 2.00 bits per heavy atom. The highest BCUT2D eigenvalue weighted by Gasteiger charge is 2.44. The van der Waals surface area contributed by atoms with Gasteiger partial charge < -0.3 is 20.1 Å². The summed E-state index contributed by atoms with van der Waals surface area (Å²) in [6.07, 6.45) is -6.72. The van der Waals surface area contributed by atoms with Gasteiger partial charge in [-0.05, 0) is 37.3 Å². The Hall–Kier alpha value is -1.96. The van der Waals surface area contributed by atoms with E-state index in [-0.39, 0.29) is 32.0 Å². The molecule has 5 nitrogen and oxygen atoms in total. The highest BCUT2D eigenvalue weighted by atomic mass is 19.4. The first-order valence-electron chi connectivity index (χ1n) is 7.67. The number of rotatable bonds is 3. The van der Waals surface area contributed by atoms with Gasteiger partial charge in [-0.25, -0.2) is 4.79 Å². The zero-order chi connectivity index (χ0) is 17.9. The van der Waals surface area contributed by atoms with Crippen LogP contribution in [-0.4, -0.2) is 48.5 Å². The number of hydrogen-bond acceptors (Lipinski definition) is 3. The van der Waals surface area contributed by atoms with Gasteiger partial charge in [0.1, 0.15) is 5.75 Å². The van der Waals surface area contributed by atoms with E-state index in [0.717, 1.165) is 5.56 Å². The lowest BCUT2D eigenvalue weighted by molar-refractivity contribution is -0.222. The van der Waals surface area contributed by atoms with E-state index in [1.807, 2.05) is 6.92 Å². The maximum atomic E-state index is 12.5. The summed E-state index contributed by atoms with van der Waals surface area (Å²) in [6, 6.07) is 4.90. The third kappa shape index (κ3) is 4.31. The van der Waals surface area contributed by atoms with Crippen LogP contribution < -0.4 is 10.1 Å². The molecule has 0 bridgehead atoms. The molecule has 0 aliphatic carbocycles. The van der Waals surface area contributed by atoms with Gasteiger partial charge in [-0.15, -0.1) is 0 Å². The maximum Gasteiger partial charge on any atom is 0.414 e. The van der Waals surface area contributed by atoms with Crippen LogP contribution in [0.15, 0.2) is 18.2 Å². The summed E-state index contributed by atoms with van der Waals surface area (Å²) in [5.74, 6) is -0.268. The predicted molar refractivity (Wildman–Crippen MR) is 83.1 cm³/mol. The summed E-state index contributed by atoms with van der Waals surface area (Å²) >= 11 is 0. The Morgan fingerprint density at radius 3 is 2.54 bits per heavy atom. The summed E-state index contributed by atoms with van der Waals surface area (Å²) in [6.45, 7) is 2.18. The van der Waals surface area contributed by atoms with E-state index in [9.17, 15) is 23.1 Å². The van der Waals surface area contributed by atoms with Gasteiger partial charge >= 0.3 is 12.2 Å². The van der Waals surface area contributed by atoms with Crippen LogP contribution in [0.5, 0.6) is 5.75 Å². The predicted octanol–water partition coefficient (Wildman–Crippen LogP) is 3.17. The standard InChI is InChI=1S/C16H21F3N2O3/c1-10-3-4-12(24-2)9-13(10)20-15(23)21-7-5-11(6-8-21)14(22)16(17,18)19/h3-4,9,11,14,22H,5-8H2,1-2H3,(H,20,23). The van der Waals surface area contributed by atoms with Crippen LogP contribution in [0.3, 0.4) is 0 Å². The first kappa shape index (κ1) is 18.4. The molecular formula is C16H21F3N2O3. The highest BCUT2D eigenvalue weighted by molar-refractivity contribution is 5.90. The molecule has 1 aliphatic rings. The molecule has 0 aromatic heterocycles. The normalized spacial score (nSPS) is 17.5. The number of urea groups is 1. The number of aliphatic hydroxyl groups is 1. The number of anilines is 1. The Labute approximate surface area is 138 Å². The zero-order valence-corrected chi connectivity index (χ0v) is 13.6. The van der Waals surface area contributed by atoms with Gasteiger partial charge in [-0.2, -0.15) is 13.2 Å². The second kappa shape index (κ2) is 7.29. The fourth-order valence-corrected chi connectivity index (χ4v) is 2.74. The van der Waals surface area contributed by atoms with E-state index >= 15 is 0 Å². The molecule has 24 heavy (non-hydrogen) atoms. The minimum Gasteiger partial charge on any atom is -0.497 e. The van der Waals surface area contributed by atoms with Gasteiger partial charge in [0.25, 0.3) is 0 Å². The number of nitrogens with one attached hydrogen (secondary N) is 1.